The maximum atomic E-state index is 13.5. The first kappa shape index (κ1) is 21.6. The Morgan fingerprint density at radius 1 is 0.970 bits per heavy atom. The fourth-order valence-electron chi connectivity index (χ4n) is 5.11. The van der Waals surface area contributed by atoms with Crippen LogP contribution in [0.1, 0.15) is 76.5 Å². The van der Waals surface area contributed by atoms with Crippen LogP contribution in [0.4, 0.5) is 0 Å². The number of nitrogens with zero attached hydrogens (tertiary/aromatic N) is 5. The Morgan fingerprint density at radius 2 is 1.73 bits per heavy atom. The van der Waals surface area contributed by atoms with Gasteiger partial charge in [0, 0.05) is 24.8 Å². The quantitative estimate of drug-likeness (QED) is 0.649. The van der Waals surface area contributed by atoms with Crippen molar-refractivity contribution in [1.29, 1.82) is 0 Å². The average Bonchev–Trinajstić information content (AvgIpc) is 3.30. The fourth-order valence-corrected chi connectivity index (χ4v) is 5.11. The summed E-state index contributed by atoms with van der Waals surface area (Å²) < 4.78 is 1.65. The van der Waals surface area contributed by atoms with E-state index in [2.05, 4.69) is 27.1 Å². The van der Waals surface area contributed by atoms with Crippen molar-refractivity contribution in [2.24, 2.45) is 5.73 Å². The number of hydrogen-bond acceptors (Lipinski definition) is 5. The lowest BCUT2D eigenvalue weighted by Gasteiger charge is -2.36. The molecule has 0 bridgehead atoms. The standard InChI is InChI=1S/C25H30N6O2/c26-23(32)20-16-28-31-22(11-12-27-24(20)31)21-6-2-5-15-30(21)25(33)19-9-7-18(8-10-19)17-29-13-3-1-4-14-29/h7-12,16,21H,1-6,13-15,17H2,(H2,26,32). The highest BCUT2D eigenvalue weighted by Gasteiger charge is 2.31. The Hall–Kier alpha value is -3.26. The number of hydrogen-bond donors (Lipinski definition) is 1. The smallest absolute Gasteiger partial charge is 0.254 e. The second kappa shape index (κ2) is 9.31. The Kier molecular flexibility index (Phi) is 6.09. The molecule has 33 heavy (non-hydrogen) atoms. The first-order valence-electron chi connectivity index (χ1n) is 11.9. The van der Waals surface area contributed by atoms with Crippen molar-refractivity contribution in [3.8, 4) is 0 Å². The van der Waals surface area contributed by atoms with E-state index in [9.17, 15) is 9.59 Å². The van der Waals surface area contributed by atoms with Gasteiger partial charge in [0.15, 0.2) is 5.65 Å². The zero-order valence-electron chi connectivity index (χ0n) is 18.8. The highest BCUT2D eigenvalue weighted by Crippen LogP contribution is 2.32. The number of primary amides is 1. The lowest BCUT2D eigenvalue weighted by molar-refractivity contribution is 0.0603. The molecule has 2 saturated heterocycles. The van der Waals surface area contributed by atoms with Crippen molar-refractivity contribution in [2.75, 3.05) is 19.6 Å². The van der Waals surface area contributed by atoms with Crippen LogP contribution in [-0.4, -0.2) is 55.8 Å². The normalized spacial score (nSPS) is 19.6. The summed E-state index contributed by atoms with van der Waals surface area (Å²) in [4.78, 5) is 34.0. The van der Waals surface area contributed by atoms with Crippen molar-refractivity contribution < 1.29 is 9.59 Å². The SMILES string of the molecule is NC(=O)c1cnn2c(C3CCCCN3C(=O)c3ccc(CN4CCCCC4)cc3)ccnc12. The zero-order chi connectivity index (χ0) is 22.8. The molecule has 1 unspecified atom stereocenters. The molecule has 172 valence electrons. The number of amides is 2. The summed E-state index contributed by atoms with van der Waals surface area (Å²) in [6.07, 6.45) is 9.80. The molecule has 1 aromatic carbocycles. The molecule has 8 heteroatoms. The minimum atomic E-state index is -0.559. The number of piperidine rings is 2. The summed E-state index contributed by atoms with van der Waals surface area (Å²) in [6, 6.07) is 9.81. The van der Waals surface area contributed by atoms with Crippen LogP contribution < -0.4 is 5.73 Å². The summed E-state index contributed by atoms with van der Waals surface area (Å²) in [7, 11) is 0. The van der Waals surface area contributed by atoms with Crippen LogP contribution in [0.2, 0.25) is 0 Å². The molecule has 0 saturated carbocycles. The predicted molar refractivity (Wildman–Crippen MR) is 125 cm³/mol. The topological polar surface area (TPSA) is 96.8 Å². The maximum absolute atomic E-state index is 13.5. The van der Waals surface area contributed by atoms with Crippen molar-refractivity contribution in [3.63, 3.8) is 0 Å². The van der Waals surface area contributed by atoms with Crippen LogP contribution in [0, 0.1) is 0 Å². The van der Waals surface area contributed by atoms with Gasteiger partial charge in [-0.25, -0.2) is 9.50 Å². The van der Waals surface area contributed by atoms with Gasteiger partial charge >= 0.3 is 0 Å². The molecule has 2 fully saturated rings. The Bertz CT molecular complexity index is 1150. The van der Waals surface area contributed by atoms with Crippen molar-refractivity contribution >= 4 is 17.5 Å². The molecule has 2 N–H and O–H groups in total. The van der Waals surface area contributed by atoms with Gasteiger partial charge in [0.25, 0.3) is 11.8 Å². The molecule has 3 aromatic rings. The highest BCUT2D eigenvalue weighted by atomic mass is 16.2. The number of carbonyl (C=O) groups excluding carboxylic acids is 2. The lowest BCUT2D eigenvalue weighted by Crippen LogP contribution is -2.39. The number of aromatic nitrogens is 3. The minimum Gasteiger partial charge on any atom is -0.365 e. The van der Waals surface area contributed by atoms with Gasteiger partial charge in [-0.2, -0.15) is 5.10 Å². The van der Waals surface area contributed by atoms with E-state index in [0.29, 0.717) is 17.8 Å². The Balaban J connectivity index is 1.38. The molecule has 0 aliphatic carbocycles. The second-order valence-corrected chi connectivity index (χ2v) is 9.07. The second-order valence-electron chi connectivity index (χ2n) is 9.07. The van der Waals surface area contributed by atoms with Crippen LogP contribution in [-0.2, 0) is 6.54 Å². The Labute approximate surface area is 193 Å². The van der Waals surface area contributed by atoms with E-state index in [4.69, 9.17) is 5.73 Å². The molecule has 8 nitrogen and oxygen atoms in total. The molecule has 2 aliphatic rings. The third-order valence-electron chi connectivity index (χ3n) is 6.86. The first-order valence-corrected chi connectivity index (χ1v) is 11.9. The van der Waals surface area contributed by atoms with Crippen molar-refractivity contribution in [2.45, 2.75) is 51.1 Å². The van der Waals surface area contributed by atoms with Crippen molar-refractivity contribution in [3.05, 3.63) is 65.1 Å². The fraction of sp³-hybridized carbons (Fsp3) is 0.440. The molecule has 4 heterocycles. The van der Waals surface area contributed by atoms with E-state index < -0.39 is 5.91 Å². The third kappa shape index (κ3) is 4.35. The summed E-state index contributed by atoms with van der Waals surface area (Å²) >= 11 is 0. The summed E-state index contributed by atoms with van der Waals surface area (Å²) in [5, 5.41) is 4.36. The summed E-state index contributed by atoms with van der Waals surface area (Å²) in [6.45, 7) is 3.94. The molecule has 2 aliphatic heterocycles. The van der Waals surface area contributed by atoms with Gasteiger partial charge in [0.05, 0.1) is 17.9 Å². The molecule has 0 radical (unpaired) electrons. The zero-order valence-corrected chi connectivity index (χ0v) is 18.8. The van der Waals surface area contributed by atoms with E-state index in [1.54, 1.807) is 10.7 Å². The highest BCUT2D eigenvalue weighted by molar-refractivity contribution is 5.98. The minimum absolute atomic E-state index is 0.0245. The summed E-state index contributed by atoms with van der Waals surface area (Å²) in [5.74, 6) is -0.535. The van der Waals surface area contributed by atoms with E-state index >= 15 is 0 Å². The molecule has 5 rings (SSSR count). The van der Waals surface area contributed by atoms with Gasteiger partial charge < -0.3 is 10.6 Å². The molecule has 2 aromatic heterocycles. The number of nitrogens with two attached hydrogens (primary N) is 1. The van der Waals surface area contributed by atoms with Crippen molar-refractivity contribution in [1.82, 2.24) is 24.4 Å². The average molecular weight is 447 g/mol. The number of benzene rings is 1. The number of fused-ring (bicyclic) bond motifs is 1. The van der Waals surface area contributed by atoms with E-state index in [0.717, 1.165) is 44.6 Å². The molecule has 0 spiro atoms. The van der Waals surface area contributed by atoms with Gasteiger partial charge in [-0.15, -0.1) is 0 Å². The number of likely N-dealkylation sites (tertiary alicyclic amines) is 2. The van der Waals surface area contributed by atoms with Crippen LogP contribution in [0.5, 0.6) is 0 Å². The third-order valence-corrected chi connectivity index (χ3v) is 6.86. The van der Waals surface area contributed by atoms with E-state index in [-0.39, 0.29) is 17.5 Å². The lowest BCUT2D eigenvalue weighted by atomic mass is 9.97. The summed E-state index contributed by atoms with van der Waals surface area (Å²) in [5.41, 5.74) is 8.99. The molecule has 2 amide bonds. The maximum Gasteiger partial charge on any atom is 0.254 e. The molecular weight excluding hydrogens is 416 g/mol. The first-order chi connectivity index (χ1) is 16.1. The molecule has 1 atom stereocenters. The monoisotopic (exact) mass is 446 g/mol. The predicted octanol–water partition coefficient (Wildman–Crippen LogP) is 3.18. The number of rotatable bonds is 5. The van der Waals surface area contributed by atoms with Crippen LogP contribution in [0.25, 0.3) is 5.65 Å². The van der Waals surface area contributed by atoms with Gasteiger partial charge in [0.1, 0.15) is 5.56 Å². The largest absolute Gasteiger partial charge is 0.365 e. The van der Waals surface area contributed by atoms with Gasteiger partial charge in [-0.3, -0.25) is 14.5 Å². The van der Waals surface area contributed by atoms with Gasteiger partial charge in [0.2, 0.25) is 0 Å². The van der Waals surface area contributed by atoms with Crippen LogP contribution in [0.3, 0.4) is 0 Å². The van der Waals surface area contributed by atoms with Crippen LogP contribution >= 0.6 is 0 Å². The molecular formula is C25H30N6O2. The van der Waals surface area contributed by atoms with Gasteiger partial charge in [-0.05, 0) is 69.0 Å². The number of carbonyl (C=O) groups is 2. The van der Waals surface area contributed by atoms with Crippen LogP contribution in [0.15, 0.2) is 42.7 Å². The van der Waals surface area contributed by atoms with E-state index in [1.165, 1.54) is 31.0 Å². The van der Waals surface area contributed by atoms with E-state index in [1.807, 2.05) is 23.1 Å². The van der Waals surface area contributed by atoms with Gasteiger partial charge in [-0.1, -0.05) is 18.6 Å². The Morgan fingerprint density at radius 3 is 2.48 bits per heavy atom.